The normalized spacial score (nSPS) is 19.0. The van der Waals surface area contributed by atoms with Crippen LogP contribution >= 0.6 is 11.6 Å². The number of pyridine rings is 3. The van der Waals surface area contributed by atoms with E-state index in [-0.39, 0.29) is 22.0 Å². The summed E-state index contributed by atoms with van der Waals surface area (Å²) in [6, 6.07) is 15.9. The summed E-state index contributed by atoms with van der Waals surface area (Å²) >= 11 is 6.00. The average Bonchev–Trinajstić information content (AvgIpc) is 3.43. The number of carbonyl (C=O) groups excluding carboxylic acids is 1. The Hall–Kier alpha value is -3.60. The van der Waals surface area contributed by atoms with Gasteiger partial charge in [0.1, 0.15) is 5.82 Å². The number of hydrogen-bond acceptors (Lipinski definition) is 8. The molecular formula is C29H28ClN5O4S. The molecule has 0 spiro atoms. The Morgan fingerprint density at radius 3 is 2.75 bits per heavy atom. The zero-order valence-corrected chi connectivity index (χ0v) is 23.5. The van der Waals surface area contributed by atoms with Crippen LogP contribution in [-0.2, 0) is 21.1 Å². The maximum absolute atomic E-state index is 12.7. The quantitative estimate of drug-likeness (QED) is 0.363. The van der Waals surface area contributed by atoms with Crippen molar-refractivity contribution in [2.45, 2.75) is 17.9 Å². The summed E-state index contributed by atoms with van der Waals surface area (Å²) in [5, 5.41) is 3.73. The van der Waals surface area contributed by atoms with Gasteiger partial charge < -0.3 is 15.0 Å². The van der Waals surface area contributed by atoms with Gasteiger partial charge in [-0.1, -0.05) is 17.7 Å². The van der Waals surface area contributed by atoms with Crippen molar-refractivity contribution in [3.05, 3.63) is 77.1 Å². The van der Waals surface area contributed by atoms with Crippen molar-refractivity contribution in [1.29, 1.82) is 0 Å². The van der Waals surface area contributed by atoms with Gasteiger partial charge in [0.05, 0.1) is 45.7 Å². The molecule has 2 aliphatic rings. The third-order valence-electron chi connectivity index (χ3n) is 7.53. The van der Waals surface area contributed by atoms with E-state index in [1.807, 2.05) is 36.4 Å². The number of sulfone groups is 1. The summed E-state index contributed by atoms with van der Waals surface area (Å²) in [6.45, 7) is 3.77. The molecule has 1 aromatic carbocycles. The summed E-state index contributed by atoms with van der Waals surface area (Å²) in [7, 11) is -3.57. The highest BCUT2D eigenvalue weighted by Gasteiger charge is 2.34. The lowest BCUT2D eigenvalue weighted by Gasteiger charge is -2.34. The van der Waals surface area contributed by atoms with Crippen LogP contribution in [0.4, 0.5) is 5.82 Å². The maximum atomic E-state index is 12.7. The lowest BCUT2D eigenvalue weighted by Crippen LogP contribution is -2.40. The molecule has 6 rings (SSSR count). The smallest absolute Gasteiger partial charge is 0.251 e. The molecule has 206 valence electrons. The monoisotopic (exact) mass is 577 g/mol. The van der Waals surface area contributed by atoms with E-state index in [0.717, 1.165) is 67.1 Å². The maximum Gasteiger partial charge on any atom is 0.251 e. The second kappa shape index (κ2) is 10.8. The number of nitrogens with one attached hydrogen (secondary N) is 1. The summed E-state index contributed by atoms with van der Waals surface area (Å²) < 4.78 is 29.6. The highest BCUT2D eigenvalue weighted by atomic mass is 35.5. The molecule has 5 heterocycles. The molecule has 0 bridgehead atoms. The minimum Gasteiger partial charge on any atom is -0.381 e. The van der Waals surface area contributed by atoms with Crippen LogP contribution in [0.5, 0.6) is 0 Å². The molecule has 40 heavy (non-hydrogen) atoms. The summed E-state index contributed by atoms with van der Waals surface area (Å²) in [5.41, 5.74) is 3.09. The van der Waals surface area contributed by atoms with Crippen LogP contribution < -0.4 is 10.2 Å². The predicted molar refractivity (Wildman–Crippen MR) is 153 cm³/mol. The largest absolute Gasteiger partial charge is 0.381 e. The molecule has 2 fully saturated rings. The lowest BCUT2D eigenvalue weighted by atomic mass is 9.89. The number of carbonyl (C=O) groups is 1. The van der Waals surface area contributed by atoms with E-state index < -0.39 is 15.7 Å². The van der Waals surface area contributed by atoms with Gasteiger partial charge in [0.15, 0.2) is 9.84 Å². The first kappa shape index (κ1) is 26.6. The number of amides is 1. The molecule has 2 atom stereocenters. The minimum absolute atomic E-state index is 0.0742. The third-order valence-corrected chi connectivity index (χ3v) is 9.11. The Morgan fingerprint density at radius 2 is 1.90 bits per heavy atom. The molecule has 4 aromatic rings. The minimum atomic E-state index is -3.57. The first-order valence-electron chi connectivity index (χ1n) is 13.1. The van der Waals surface area contributed by atoms with E-state index in [9.17, 15) is 13.2 Å². The Morgan fingerprint density at radius 1 is 1.07 bits per heavy atom. The molecule has 1 N–H and O–H groups in total. The van der Waals surface area contributed by atoms with Gasteiger partial charge in [-0.3, -0.25) is 9.78 Å². The van der Waals surface area contributed by atoms with E-state index in [0.29, 0.717) is 17.5 Å². The van der Waals surface area contributed by atoms with Gasteiger partial charge in [-0.15, -0.1) is 0 Å². The van der Waals surface area contributed by atoms with Crippen molar-refractivity contribution >= 4 is 44.1 Å². The van der Waals surface area contributed by atoms with E-state index in [1.165, 1.54) is 18.2 Å². The van der Waals surface area contributed by atoms with Gasteiger partial charge >= 0.3 is 0 Å². The molecule has 0 radical (unpaired) electrons. The van der Waals surface area contributed by atoms with E-state index >= 15 is 0 Å². The van der Waals surface area contributed by atoms with Gasteiger partial charge in [-0.05, 0) is 60.9 Å². The number of ether oxygens (including phenoxy) is 1. The zero-order chi connectivity index (χ0) is 27.9. The fourth-order valence-electron chi connectivity index (χ4n) is 5.31. The first-order chi connectivity index (χ1) is 19.2. The third kappa shape index (κ3) is 5.52. The predicted octanol–water partition coefficient (Wildman–Crippen LogP) is 4.15. The molecule has 0 aliphatic carbocycles. The van der Waals surface area contributed by atoms with Gasteiger partial charge in [0, 0.05) is 49.0 Å². The number of benzene rings is 1. The van der Waals surface area contributed by atoms with Crippen molar-refractivity contribution in [2.75, 3.05) is 37.5 Å². The van der Waals surface area contributed by atoms with Crippen molar-refractivity contribution in [2.24, 2.45) is 11.8 Å². The van der Waals surface area contributed by atoms with Crippen LogP contribution in [-0.4, -0.2) is 61.8 Å². The number of nitrogens with zero attached hydrogens (tertiary/aromatic N) is 4. The van der Waals surface area contributed by atoms with Crippen LogP contribution in [0.1, 0.15) is 22.5 Å². The van der Waals surface area contributed by atoms with Crippen LogP contribution in [0.15, 0.2) is 65.7 Å². The molecule has 11 heteroatoms. The molecule has 2 saturated heterocycles. The van der Waals surface area contributed by atoms with Crippen LogP contribution in [0, 0.1) is 11.8 Å². The van der Waals surface area contributed by atoms with Gasteiger partial charge in [0.2, 0.25) is 0 Å². The molecule has 1 amide bonds. The Labute approximate surface area is 237 Å². The SMILES string of the molecule is CS(=O)(=O)c1cc(C(=O)NCc2cc3nc(-c4cccc(N5CC[C@@H]6COC[C@@H]6C5)n4)ccc3cn2)ccc1Cl. The number of piperidine rings is 1. The molecule has 9 nitrogen and oxygen atoms in total. The van der Waals surface area contributed by atoms with Crippen LogP contribution in [0.25, 0.3) is 22.3 Å². The Balaban J connectivity index is 1.19. The Kier molecular flexibility index (Phi) is 7.16. The van der Waals surface area contributed by atoms with Crippen molar-refractivity contribution in [3.8, 4) is 11.4 Å². The summed E-state index contributed by atoms with van der Waals surface area (Å²) in [6.07, 6.45) is 3.89. The number of hydrogen-bond donors (Lipinski definition) is 1. The Bertz CT molecular complexity index is 1710. The molecule has 3 aromatic heterocycles. The van der Waals surface area contributed by atoms with Crippen LogP contribution in [0.3, 0.4) is 0 Å². The molecule has 0 saturated carbocycles. The van der Waals surface area contributed by atoms with E-state index in [4.69, 9.17) is 26.3 Å². The molecule has 2 aliphatic heterocycles. The van der Waals surface area contributed by atoms with Crippen molar-refractivity contribution in [3.63, 3.8) is 0 Å². The lowest BCUT2D eigenvalue weighted by molar-refractivity contribution is 0.0950. The summed E-state index contributed by atoms with van der Waals surface area (Å²) in [5.74, 6) is 1.74. The topological polar surface area (TPSA) is 114 Å². The molecule has 0 unspecified atom stereocenters. The van der Waals surface area contributed by atoms with Crippen molar-refractivity contribution < 1.29 is 17.9 Å². The highest BCUT2D eigenvalue weighted by Crippen LogP contribution is 2.32. The van der Waals surface area contributed by atoms with Crippen molar-refractivity contribution in [1.82, 2.24) is 20.3 Å². The van der Waals surface area contributed by atoms with Gasteiger partial charge in [-0.2, -0.15) is 0 Å². The second-order valence-electron chi connectivity index (χ2n) is 10.3. The summed E-state index contributed by atoms with van der Waals surface area (Å²) in [4.78, 5) is 29.2. The number of rotatable bonds is 6. The second-order valence-corrected chi connectivity index (χ2v) is 12.7. The highest BCUT2D eigenvalue weighted by molar-refractivity contribution is 7.90. The standard InChI is InChI=1S/C29H28ClN5O4S/c1-40(37,38)27-11-18(5-7-23(27)30)29(36)32-14-22-12-26-19(13-31-22)6-8-25(33-26)24-3-2-4-28(34-24)35-10-9-20-16-39-17-21(20)15-35/h2-8,11-13,20-21H,9-10,14-17H2,1H3,(H,32,36)/t20-,21+/m1/s1. The van der Waals surface area contributed by atoms with Crippen LogP contribution in [0.2, 0.25) is 5.02 Å². The fourth-order valence-corrected chi connectivity index (χ4v) is 6.61. The number of anilines is 1. The molecular weight excluding hydrogens is 550 g/mol. The number of fused-ring (bicyclic) bond motifs is 2. The first-order valence-corrected chi connectivity index (χ1v) is 15.4. The zero-order valence-electron chi connectivity index (χ0n) is 21.9. The van der Waals surface area contributed by atoms with Gasteiger partial charge in [-0.25, -0.2) is 18.4 Å². The van der Waals surface area contributed by atoms with E-state index in [1.54, 1.807) is 6.20 Å². The van der Waals surface area contributed by atoms with Gasteiger partial charge in [0.25, 0.3) is 5.91 Å². The fraction of sp³-hybridized carbons (Fsp3) is 0.310. The number of aromatic nitrogens is 3. The number of halogens is 1. The average molecular weight is 578 g/mol. The van der Waals surface area contributed by atoms with E-state index in [2.05, 4.69) is 15.2 Å².